The first kappa shape index (κ1) is 9.64. The van der Waals surface area contributed by atoms with Gasteiger partial charge in [0.1, 0.15) is 0 Å². The second-order valence-corrected chi connectivity index (χ2v) is 4.74. The van der Waals surface area contributed by atoms with E-state index in [-0.39, 0.29) is 6.54 Å². The summed E-state index contributed by atoms with van der Waals surface area (Å²) in [6.07, 6.45) is 0.663. The van der Waals surface area contributed by atoms with Gasteiger partial charge in [-0.3, -0.25) is 4.55 Å². The van der Waals surface area contributed by atoms with Crippen molar-refractivity contribution < 1.29 is 13.0 Å². The average molecular weight is 213 g/mol. The number of hydrogen-bond acceptors (Lipinski definition) is 2. The molecule has 1 aliphatic rings. The van der Waals surface area contributed by atoms with Crippen LogP contribution < -0.4 is 0 Å². The minimum absolute atomic E-state index is 0.273. The molecule has 4 nitrogen and oxygen atoms in total. The lowest BCUT2D eigenvalue weighted by atomic mass is 10.0. The van der Waals surface area contributed by atoms with Crippen LogP contribution >= 0.6 is 0 Å². The lowest BCUT2D eigenvalue weighted by Gasteiger charge is -2.25. The third-order valence-electron chi connectivity index (χ3n) is 2.42. The zero-order valence-corrected chi connectivity index (χ0v) is 8.37. The molecule has 1 aromatic rings. The van der Waals surface area contributed by atoms with E-state index in [2.05, 4.69) is 0 Å². The molecule has 14 heavy (non-hydrogen) atoms. The predicted molar refractivity (Wildman–Crippen MR) is 52.1 cm³/mol. The summed E-state index contributed by atoms with van der Waals surface area (Å²) in [6.45, 7) is 0.630. The number of hydrogen-bond donors (Lipinski definition) is 1. The van der Waals surface area contributed by atoms with Crippen molar-refractivity contribution in [2.24, 2.45) is 0 Å². The van der Waals surface area contributed by atoms with Gasteiger partial charge in [0.25, 0.3) is 0 Å². The Balaban J connectivity index is 2.30. The van der Waals surface area contributed by atoms with Crippen molar-refractivity contribution in [2.45, 2.75) is 13.0 Å². The maximum atomic E-state index is 10.9. The van der Waals surface area contributed by atoms with Gasteiger partial charge in [-0.05, 0) is 17.5 Å². The molecule has 0 unspecified atom stereocenters. The van der Waals surface area contributed by atoms with Gasteiger partial charge in [-0.25, -0.2) is 0 Å². The molecule has 0 amide bonds. The van der Waals surface area contributed by atoms with Gasteiger partial charge in [0.15, 0.2) is 0 Å². The summed E-state index contributed by atoms with van der Waals surface area (Å²) in [7, 11) is -4.04. The SMILES string of the molecule is O=S(=O)(O)N1CCc2ccccc2C1. The highest BCUT2D eigenvalue weighted by atomic mass is 32.2. The van der Waals surface area contributed by atoms with E-state index in [1.807, 2.05) is 24.3 Å². The van der Waals surface area contributed by atoms with Crippen LogP contribution in [0, 0.1) is 0 Å². The van der Waals surface area contributed by atoms with Gasteiger partial charge in [-0.1, -0.05) is 24.3 Å². The lowest BCUT2D eigenvalue weighted by molar-refractivity contribution is 0.336. The van der Waals surface area contributed by atoms with E-state index in [0.717, 1.165) is 15.4 Å². The quantitative estimate of drug-likeness (QED) is 0.703. The first-order valence-electron chi connectivity index (χ1n) is 4.37. The second kappa shape index (κ2) is 3.34. The Kier molecular flexibility index (Phi) is 2.30. The highest BCUT2D eigenvalue weighted by Gasteiger charge is 2.23. The summed E-state index contributed by atoms with van der Waals surface area (Å²) in [5.74, 6) is 0. The Morgan fingerprint density at radius 3 is 2.50 bits per heavy atom. The zero-order chi connectivity index (χ0) is 10.2. The minimum atomic E-state index is -4.04. The van der Waals surface area contributed by atoms with Crippen LogP contribution in [0.2, 0.25) is 0 Å². The molecule has 0 saturated heterocycles. The predicted octanol–water partition coefficient (Wildman–Crippen LogP) is 0.847. The third-order valence-corrected chi connectivity index (χ3v) is 3.39. The Labute approximate surface area is 83.0 Å². The van der Waals surface area contributed by atoms with Crippen molar-refractivity contribution in [1.29, 1.82) is 0 Å². The van der Waals surface area contributed by atoms with E-state index in [1.165, 1.54) is 0 Å². The van der Waals surface area contributed by atoms with Gasteiger partial charge in [-0.15, -0.1) is 0 Å². The van der Waals surface area contributed by atoms with E-state index in [1.54, 1.807) is 0 Å². The Morgan fingerprint density at radius 1 is 1.21 bits per heavy atom. The molecule has 0 bridgehead atoms. The molecular formula is C9H11NO3S. The lowest BCUT2D eigenvalue weighted by Crippen LogP contribution is -2.35. The summed E-state index contributed by atoms with van der Waals surface area (Å²) >= 11 is 0. The van der Waals surface area contributed by atoms with Gasteiger partial charge < -0.3 is 0 Å². The van der Waals surface area contributed by atoms with Gasteiger partial charge in [-0.2, -0.15) is 12.7 Å². The Morgan fingerprint density at radius 2 is 1.86 bits per heavy atom. The first-order valence-corrected chi connectivity index (χ1v) is 5.76. The van der Waals surface area contributed by atoms with Crippen LogP contribution in [0.4, 0.5) is 0 Å². The average Bonchev–Trinajstić information content (AvgIpc) is 2.16. The van der Waals surface area contributed by atoms with Crippen molar-refractivity contribution in [3.63, 3.8) is 0 Å². The van der Waals surface area contributed by atoms with Crippen LogP contribution in [0.15, 0.2) is 24.3 Å². The molecule has 1 heterocycles. The fourth-order valence-corrected chi connectivity index (χ4v) is 2.29. The van der Waals surface area contributed by atoms with Crippen molar-refractivity contribution in [1.82, 2.24) is 4.31 Å². The molecule has 2 rings (SSSR count). The van der Waals surface area contributed by atoms with Crippen molar-refractivity contribution in [2.75, 3.05) is 6.54 Å². The van der Waals surface area contributed by atoms with E-state index in [9.17, 15) is 8.42 Å². The molecule has 0 aromatic heterocycles. The van der Waals surface area contributed by atoms with Gasteiger partial charge in [0, 0.05) is 13.1 Å². The molecular weight excluding hydrogens is 202 g/mol. The zero-order valence-electron chi connectivity index (χ0n) is 7.55. The van der Waals surface area contributed by atoms with Crippen LogP contribution in [0.3, 0.4) is 0 Å². The van der Waals surface area contributed by atoms with Crippen molar-refractivity contribution in [3.8, 4) is 0 Å². The van der Waals surface area contributed by atoms with Crippen molar-refractivity contribution in [3.05, 3.63) is 35.4 Å². The molecule has 0 saturated carbocycles. The van der Waals surface area contributed by atoms with E-state index < -0.39 is 10.3 Å². The number of nitrogens with zero attached hydrogens (tertiary/aromatic N) is 1. The normalized spacial score (nSPS) is 17.8. The molecule has 0 atom stereocenters. The minimum Gasteiger partial charge on any atom is -0.273 e. The molecule has 0 fully saturated rings. The van der Waals surface area contributed by atoms with E-state index in [4.69, 9.17) is 4.55 Å². The highest BCUT2D eigenvalue weighted by molar-refractivity contribution is 7.83. The maximum Gasteiger partial charge on any atom is 0.336 e. The molecule has 1 aromatic carbocycles. The fraction of sp³-hybridized carbons (Fsp3) is 0.333. The molecule has 0 radical (unpaired) electrons. The monoisotopic (exact) mass is 213 g/mol. The maximum absolute atomic E-state index is 10.9. The second-order valence-electron chi connectivity index (χ2n) is 3.33. The summed E-state index contributed by atoms with van der Waals surface area (Å²) in [5.41, 5.74) is 2.13. The van der Waals surface area contributed by atoms with Crippen LogP contribution in [-0.2, 0) is 23.3 Å². The van der Waals surface area contributed by atoms with Crippen LogP contribution in [0.25, 0.3) is 0 Å². The van der Waals surface area contributed by atoms with Crippen LogP contribution in [0.1, 0.15) is 11.1 Å². The topological polar surface area (TPSA) is 57.6 Å². The van der Waals surface area contributed by atoms with Crippen molar-refractivity contribution >= 4 is 10.3 Å². The summed E-state index contributed by atoms with van der Waals surface area (Å²) in [5, 5.41) is 0. The third kappa shape index (κ3) is 1.79. The van der Waals surface area contributed by atoms with Crippen LogP contribution in [0.5, 0.6) is 0 Å². The number of fused-ring (bicyclic) bond motifs is 1. The van der Waals surface area contributed by atoms with Gasteiger partial charge in [0.2, 0.25) is 0 Å². The fourth-order valence-electron chi connectivity index (χ4n) is 1.67. The Bertz CT molecular complexity index is 441. The first-order chi connectivity index (χ1) is 6.57. The molecule has 5 heteroatoms. The van der Waals surface area contributed by atoms with Crippen LogP contribution in [-0.4, -0.2) is 23.8 Å². The number of rotatable bonds is 1. The summed E-state index contributed by atoms with van der Waals surface area (Å²) < 4.78 is 31.7. The molecule has 1 aliphatic heterocycles. The molecule has 0 spiro atoms. The van der Waals surface area contributed by atoms with E-state index >= 15 is 0 Å². The smallest absolute Gasteiger partial charge is 0.273 e. The van der Waals surface area contributed by atoms with Gasteiger partial charge >= 0.3 is 10.3 Å². The molecule has 1 N–H and O–H groups in total. The molecule has 0 aliphatic carbocycles. The largest absolute Gasteiger partial charge is 0.336 e. The number of benzene rings is 1. The summed E-state index contributed by atoms with van der Waals surface area (Å²) in [6, 6.07) is 7.66. The highest BCUT2D eigenvalue weighted by Crippen LogP contribution is 2.19. The summed E-state index contributed by atoms with van der Waals surface area (Å²) in [4.78, 5) is 0. The van der Waals surface area contributed by atoms with Gasteiger partial charge in [0.05, 0.1) is 0 Å². The standard InChI is InChI=1S/C9H11NO3S/c11-14(12,13)10-6-5-8-3-1-2-4-9(8)7-10/h1-4H,5-7H2,(H,11,12,13). The molecule has 76 valence electrons. The van der Waals surface area contributed by atoms with E-state index in [0.29, 0.717) is 13.0 Å². The Hall–Kier alpha value is -0.910.